The number of hydrogen-bond donors (Lipinski definition) is 1. The zero-order valence-electron chi connectivity index (χ0n) is 8.96. The number of benzene rings is 1. The zero-order valence-corrected chi connectivity index (χ0v) is 8.96. The summed E-state index contributed by atoms with van der Waals surface area (Å²) in [6.07, 6.45) is 1.33. The van der Waals surface area contributed by atoms with Crippen molar-refractivity contribution >= 4 is 5.69 Å². The van der Waals surface area contributed by atoms with Gasteiger partial charge in [-0.3, -0.25) is 4.90 Å². The summed E-state index contributed by atoms with van der Waals surface area (Å²) >= 11 is 0. The van der Waals surface area contributed by atoms with Crippen LogP contribution in [0.2, 0.25) is 0 Å². The molecule has 1 aliphatic heterocycles. The minimum absolute atomic E-state index is 0.746. The fraction of sp³-hybridized carbons (Fsp3) is 0.500. The van der Waals surface area contributed by atoms with Crippen molar-refractivity contribution < 1.29 is 0 Å². The fourth-order valence-corrected chi connectivity index (χ4v) is 1.90. The Morgan fingerprint density at radius 2 is 2.29 bits per heavy atom. The lowest BCUT2D eigenvalue weighted by Gasteiger charge is -2.39. The number of nitrogens with zero attached hydrogens (tertiary/aromatic N) is 1. The van der Waals surface area contributed by atoms with Gasteiger partial charge in [0.2, 0.25) is 0 Å². The number of nitrogens with two attached hydrogens (primary N) is 1. The van der Waals surface area contributed by atoms with Gasteiger partial charge in [0.1, 0.15) is 0 Å². The molecular weight excluding hydrogens is 172 g/mol. The number of rotatable bonds is 2. The van der Waals surface area contributed by atoms with Gasteiger partial charge in [0, 0.05) is 24.8 Å². The maximum Gasteiger partial charge on any atom is 0.0346 e. The van der Waals surface area contributed by atoms with E-state index >= 15 is 0 Å². The molecule has 1 heterocycles. The molecule has 14 heavy (non-hydrogen) atoms. The molecule has 1 saturated heterocycles. The van der Waals surface area contributed by atoms with Crippen LogP contribution in [0.3, 0.4) is 0 Å². The Morgan fingerprint density at radius 1 is 1.50 bits per heavy atom. The molecule has 0 radical (unpaired) electrons. The monoisotopic (exact) mass is 190 g/mol. The molecule has 1 aromatic carbocycles. The highest BCUT2D eigenvalue weighted by atomic mass is 15.2. The van der Waals surface area contributed by atoms with Gasteiger partial charge in [-0.2, -0.15) is 0 Å². The van der Waals surface area contributed by atoms with Crippen LogP contribution in [-0.4, -0.2) is 17.5 Å². The molecule has 0 amide bonds. The molecule has 0 spiro atoms. The third-order valence-corrected chi connectivity index (χ3v) is 3.32. The quantitative estimate of drug-likeness (QED) is 0.724. The van der Waals surface area contributed by atoms with E-state index in [9.17, 15) is 0 Å². The van der Waals surface area contributed by atoms with Crippen LogP contribution in [0.5, 0.6) is 0 Å². The molecule has 0 bridgehead atoms. The topological polar surface area (TPSA) is 29.3 Å². The lowest BCUT2D eigenvalue weighted by Crippen LogP contribution is -2.44. The number of hydrogen-bond acceptors (Lipinski definition) is 2. The third kappa shape index (κ3) is 1.62. The maximum atomic E-state index is 5.87. The summed E-state index contributed by atoms with van der Waals surface area (Å²) in [6.45, 7) is 6.67. The van der Waals surface area contributed by atoms with E-state index in [1.165, 1.54) is 24.1 Å². The fourth-order valence-electron chi connectivity index (χ4n) is 1.90. The second-order valence-electron chi connectivity index (χ2n) is 4.24. The van der Waals surface area contributed by atoms with Crippen LogP contribution in [0.1, 0.15) is 24.5 Å². The molecule has 76 valence electrons. The molecule has 1 atom stereocenters. The molecule has 1 fully saturated rings. The predicted octanol–water partition coefficient (Wildman–Crippen LogP) is 2.17. The number of likely N-dealkylation sites (tertiary alicyclic amines) is 1. The Morgan fingerprint density at radius 3 is 2.86 bits per heavy atom. The summed E-state index contributed by atoms with van der Waals surface area (Å²) < 4.78 is 0. The largest absolute Gasteiger partial charge is 0.399 e. The summed E-state index contributed by atoms with van der Waals surface area (Å²) in [5.41, 5.74) is 9.40. The van der Waals surface area contributed by atoms with Gasteiger partial charge in [-0.25, -0.2) is 0 Å². The van der Waals surface area contributed by atoms with Gasteiger partial charge in [0.15, 0.2) is 0 Å². The molecule has 0 saturated carbocycles. The van der Waals surface area contributed by atoms with E-state index in [2.05, 4.69) is 24.8 Å². The number of anilines is 1. The van der Waals surface area contributed by atoms with Crippen molar-refractivity contribution in [2.45, 2.75) is 32.9 Å². The Hall–Kier alpha value is -1.02. The van der Waals surface area contributed by atoms with Gasteiger partial charge >= 0.3 is 0 Å². The molecular formula is C12H18N2. The molecule has 0 aromatic heterocycles. The molecule has 2 N–H and O–H groups in total. The van der Waals surface area contributed by atoms with Crippen molar-refractivity contribution in [1.29, 1.82) is 0 Å². The highest BCUT2D eigenvalue weighted by Crippen LogP contribution is 2.23. The lowest BCUT2D eigenvalue weighted by atomic mass is 10.0. The van der Waals surface area contributed by atoms with Crippen LogP contribution in [0.15, 0.2) is 18.2 Å². The van der Waals surface area contributed by atoms with Gasteiger partial charge < -0.3 is 5.73 Å². The highest BCUT2D eigenvalue weighted by molar-refractivity contribution is 5.49. The van der Waals surface area contributed by atoms with Crippen LogP contribution < -0.4 is 5.73 Å². The van der Waals surface area contributed by atoms with Crippen molar-refractivity contribution in [2.75, 3.05) is 12.3 Å². The van der Waals surface area contributed by atoms with Crippen molar-refractivity contribution in [3.05, 3.63) is 29.3 Å². The van der Waals surface area contributed by atoms with E-state index in [0.717, 1.165) is 18.3 Å². The Bertz CT molecular complexity index is 333. The van der Waals surface area contributed by atoms with Crippen molar-refractivity contribution in [2.24, 2.45) is 0 Å². The molecule has 1 aliphatic rings. The molecule has 1 unspecified atom stereocenters. The maximum absolute atomic E-state index is 5.87. The number of nitrogen functional groups attached to an aromatic ring is 1. The molecule has 2 heteroatoms. The van der Waals surface area contributed by atoms with Crippen LogP contribution in [0, 0.1) is 6.92 Å². The standard InChI is InChI=1S/C12H18N2/c1-9-6-7-14(9)8-11-4-3-5-12(13)10(11)2/h3-5,9H,6-8,13H2,1-2H3. The van der Waals surface area contributed by atoms with Gasteiger partial charge in [-0.1, -0.05) is 12.1 Å². The minimum atomic E-state index is 0.746. The van der Waals surface area contributed by atoms with Gasteiger partial charge in [0.05, 0.1) is 0 Å². The van der Waals surface area contributed by atoms with Gasteiger partial charge in [-0.15, -0.1) is 0 Å². The molecule has 2 nitrogen and oxygen atoms in total. The lowest BCUT2D eigenvalue weighted by molar-refractivity contribution is 0.0957. The normalized spacial score (nSPS) is 22.0. The van der Waals surface area contributed by atoms with Crippen molar-refractivity contribution in [3.63, 3.8) is 0 Å². The van der Waals surface area contributed by atoms with Gasteiger partial charge in [-0.05, 0) is 37.5 Å². The summed E-state index contributed by atoms with van der Waals surface area (Å²) in [5.74, 6) is 0. The first-order valence-electron chi connectivity index (χ1n) is 5.26. The Kier molecular flexibility index (Phi) is 2.46. The Labute approximate surface area is 85.7 Å². The second-order valence-corrected chi connectivity index (χ2v) is 4.24. The van der Waals surface area contributed by atoms with E-state index in [4.69, 9.17) is 5.73 Å². The Balaban J connectivity index is 2.12. The van der Waals surface area contributed by atoms with Crippen molar-refractivity contribution in [1.82, 2.24) is 4.90 Å². The summed E-state index contributed by atoms with van der Waals surface area (Å²) in [6, 6.07) is 6.94. The average Bonchev–Trinajstić information content (AvgIpc) is 2.18. The van der Waals surface area contributed by atoms with E-state index in [-0.39, 0.29) is 0 Å². The first kappa shape index (κ1) is 9.53. The smallest absolute Gasteiger partial charge is 0.0346 e. The first-order valence-corrected chi connectivity index (χ1v) is 5.26. The van der Waals surface area contributed by atoms with Crippen LogP contribution in [-0.2, 0) is 6.54 Å². The second kappa shape index (κ2) is 3.62. The first-order chi connectivity index (χ1) is 6.68. The van der Waals surface area contributed by atoms with Crippen molar-refractivity contribution in [3.8, 4) is 0 Å². The summed E-state index contributed by atoms with van der Waals surface area (Å²) in [5, 5.41) is 0. The minimum Gasteiger partial charge on any atom is -0.399 e. The highest BCUT2D eigenvalue weighted by Gasteiger charge is 2.23. The van der Waals surface area contributed by atoms with E-state index < -0.39 is 0 Å². The molecule has 0 aliphatic carbocycles. The molecule has 2 rings (SSSR count). The average molecular weight is 190 g/mol. The van der Waals surface area contributed by atoms with E-state index in [1.54, 1.807) is 0 Å². The van der Waals surface area contributed by atoms with Gasteiger partial charge in [0.25, 0.3) is 0 Å². The summed E-state index contributed by atoms with van der Waals surface area (Å²) in [4.78, 5) is 2.49. The molecule has 1 aromatic rings. The van der Waals surface area contributed by atoms with Crippen LogP contribution in [0.4, 0.5) is 5.69 Å². The summed E-state index contributed by atoms with van der Waals surface area (Å²) in [7, 11) is 0. The van der Waals surface area contributed by atoms with Crippen LogP contribution in [0.25, 0.3) is 0 Å². The predicted molar refractivity (Wildman–Crippen MR) is 60.1 cm³/mol. The van der Waals surface area contributed by atoms with E-state index in [0.29, 0.717) is 0 Å². The SMILES string of the molecule is Cc1c(N)cccc1CN1CCC1C. The van der Waals surface area contributed by atoms with Crippen LogP contribution >= 0.6 is 0 Å². The van der Waals surface area contributed by atoms with E-state index in [1.807, 2.05) is 12.1 Å². The zero-order chi connectivity index (χ0) is 10.1. The third-order valence-electron chi connectivity index (χ3n) is 3.32.